The Bertz CT molecular complexity index is 596. The van der Waals surface area contributed by atoms with Gasteiger partial charge in [-0.1, -0.05) is 12.1 Å². The van der Waals surface area contributed by atoms with E-state index in [1.165, 1.54) is 3.57 Å². The largest absolute Gasteiger partial charge is 0.493 e. The van der Waals surface area contributed by atoms with Gasteiger partial charge in [0.05, 0.1) is 19.6 Å². The Morgan fingerprint density at radius 1 is 1.00 bits per heavy atom. The molecule has 0 radical (unpaired) electrons. The number of methoxy groups -OCH3 is 2. The van der Waals surface area contributed by atoms with Crippen molar-refractivity contribution in [2.75, 3.05) is 14.2 Å². The van der Waals surface area contributed by atoms with Crippen LogP contribution in [-0.4, -0.2) is 14.2 Å². The fourth-order valence-corrected chi connectivity index (χ4v) is 2.82. The third-order valence-corrected chi connectivity index (χ3v) is 4.41. The minimum Gasteiger partial charge on any atom is -0.493 e. The van der Waals surface area contributed by atoms with Crippen LogP contribution in [0.3, 0.4) is 0 Å². The van der Waals surface area contributed by atoms with Gasteiger partial charge in [0.15, 0.2) is 11.5 Å². The predicted octanol–water partition coefficient (Wildman–Crippen LogP) is 4.95. The van der Waals surface area contributed by atoms with Gasteiger partial charge in [-0.2, -0.15) is 0 Å². The first kappa shape index (κ1) is 15.4. The lowest BCUT2D eigenvalue weighted by Crippen LogP contribution is -1.99. The van der Waals surface area contributed by atoms with Gasteiger partial charge in [-0.15, -0.1) is 11.6 Å². The fourth-order valence-electron chi connectivity index (χ4n) is 2.08. The van der Waals surface area contributed by atoms with Crippen molar-refractivity contribution in [1.29, 1.82) is 0 Å². The van der Waals surface area contributed by atoms with E-state index in [-0.39, 0.29) is 5.38 Å². The normalized spacial score (nSPS) is 12.1. The molecule has 4 heteroatoms. The zero-order chi connectivity index (χ0) is 14.7. The number of halogens is 2. The van der Waals surface area contributed by atoms with Crippen LogP contribution in [0.25, 0.3) is 0 Å². The zero-order valence-electron chi connectivity index (χ0n) is 11.6. The third-order valence-electron chi connectivity index (χ3n) is 3.21. The van der Waals surface area contributed by atoms with Crippen LogP contribution < -0.4 is 9.47 Å². The maximum Gasteiger partial charge on any atom is 0.161 e. The Balaban J connectivity index is 2.43. The summed E-state index contributed by atoms with van der Waals surface area (Å²) in [5.74, 6) is 1.42. The molecule has 2 rings (SSSR count). The number of rotatable bonds is 4. The second-order valence-corrected chi connectivity index (χ2v) is 6.16. The van der Waals surface area contributed by atoms with Crippen LogP contribution in [-0.2, 0) is 0 Å². The van der Waals surface area contributed by atoms with E-state index in [0.29, 0.717) is 5.75 Å². The zero-order valence-corrected chi connectivity index (χ0v) is 14.5. The predicted molar refractivity (Wildman–Crippen MR) is 91.1 cm³/mol. The number of ether oxygens (including phenoxy) is 2. The summed E-state index contributed by atoms with van der Waals surface area (Å²) < 4.78 is 11.9. The number of aryl methyl sites for hydroxylation is 1. The van der Waals surface area contributed by atoms with Crippen LogP contribution >= 0.6 is 34.2 Å². The summed E-state index contributed by atoms with van der Waals surface area (Å²) in [5, 5.41) is -0.202. The van der Waals surface area contributed by atoms with E-state index in [1.807, 2.05) is 19.1 Å². The van der Waals surface area contributed by atoms with Crippen LogP contribution in [0.4, 0.5) is 0 Å². The van der Waals surface area contributed by atoms with Crippen LogP contribution in [0.1, 0.15) is 22.1 Å². The van der Waals surface area contributed by atoms with Gasteiger partial charge in [-0.25, -0.2) is 0 Å². The van der Waals surface area contributed by atoms with Crippen LogP contribution in [0.15, 0.2) is 36.4 Å². The number of alkyl halides is 1. The molecule has 2 aromatic rings. The Labute approximate surface area is 138 Å². The van der Waals surface area contributed by atoms with Crippen molar-refractivity contribution in [3.63, 3.8) is 0 Å². The summed E-state index contributed by atoms with van der Waals surface area (Å²) in [7, 11) is 3.26. The van der Waals surface area contributed by atoms with E-state index in [0.717, 1.165) is 22.4 Å². The molecule has 2 aromatic carbocycles. The molecule has 0 aliphatic heterocycles. The highest BCUT2D eigenvalue weighted by Gasteiger charge is 2.17. The molecular weight excluding hydrogens is 387 g/mol. The van der Waals surface area contributed by atoms with E-state index >= 15 is 0 Å². The second-order valence-electron chi connectivity index (χ2n) is 4.48. The second kappa shape index (κ2) is 6.68. The van der Waals surface area contributed by atoms with Crippen molar-refractivity contribution >= 4 is 34.2 Å². The van der Waals surface area contributed by atoms with Gasteiger partial charge < -0.3 is 9.47 Å². The maximum atomic E-state index is 6.61. The number of benzene rings is 2. The van der Waals surface area contributed by atoms with E-state index in [2.05, 4.69) is 46.9 Å². The summed E-state index contributed by atoms with van der Waals surface area (Å²) in [6.07, 6.45) is 0. The molecule has 0 N–H and O–H groups in total. The SMILES string of the molecule is COc1cc(C)c(C(Cl)c2ccc(I)cc2)cc1OC. The van der Waals surface area contributed by atoms with Crippen molar-refractivity contribution in [3.05, 3.63) is 56.7 Å². The van der Waals surface area contributed by atoms with Crippen LogP contribution in [0, 0.1) is 10.5 Å². The first-order valence-electron chi connectivity index (χ1n) is 6.19. The average molecular weight is 403 g/mol. The third kappa shape index (κ3) is 3.20. The summed E-state index contributed by atoms with van der Waals surface area (Å²) in [5.41, 5.74) is 3.19. The summed E-state index contributed by atoms with van der Waals surface area (Å²) in [6.45, 7) is 2.03. The van der Waals surface area contributed by atoms with Gasteiger partial charge in [0.2, 0.25) is 0 Å². The quantitative estimate of drug-likeness (QED) is 0.532. The molecule has 1 unspecified atom stereocenters. The topological polar surface area (TPSA) is 18.5 Å². The lowest BCUT2D eigenvalue weighted by Gasteiger charge is -2.17. The summed E-state index contributed by atoms with van der Waals surface area (Å²) in [6, 6.07) is 12.1. The van der Waals surface area contributed by atoms with Crippen molar-refractivity contribution in [2.24, 2.45) is 0 Å². The van der Waals surface area contributed by atoms with Crippen molar-refractivity contribution in [1.82, 2.24) is 0 Å². The number of hydrogen-bond donors (Lipinski definition) is 0. The molecule has 0 aromatic heterocycles. The smallest absolute Gasteiger partial charge is 0.161 e. The van der Waals surface area contributed by atoms with Gasteiger partial charge >= 0.3 is 0 Å². The highest BCUT2D eigenvalue weighted by molar-refractivity contribution is 14.1. The van der Waals surface area contributed by atoms with Crippen molar-refractivity contribution in [2.45, 2.75) is 12.3 Å². The van der Waals surface area contributed by atoms with E-state index < -0.39 is 0 Å². The van der Waals surface area contributed by atoms with E-state index in [1.54, 1.807) is 14.2 Å². The average Bonchev–Trinajstić information content (AvgIpc) is 2.47. The van der Waals surface area contributed by atoms with E-state index in [4.69, 9.17) is 21.1 Å². The Morgan fingerprint density at radius 3 is 2.10 bits per heavy atom. The monoisotopic (exact) mass is 402 g/mol. The minimum absolute atomic E-state index is 0.202. The van der Waals surface area contributed by atoms with Gasteiger partial charge in [0, 0.05) is 3.57 Å². The maximum absolute atomic E-state index is 6.61. The molecule has 0 spiro atoms. The van der Waals surface area contributed by atoms with Crippen LogP contribution in [0.2, 0.25) is 0 Å². The standard InChI is InChI=1S/C16H16ClIO2/c1-10-8-14(19-2)15(20-3)9-13(10)16(17)11-4-6-12(18)7-5-11/h4-9,16H,1-3H3. The first-order chi connectivity index (χ1) is 9.56. The highest BCUT2D eigenvalue weighted by atomic mass is 127. The van der Waals surface area contributed by atoms with Gasteiger partial charge in [0.25, 0.3) is 0 Å². The molecule has 0 aliphatic rings. The molecule has 0 heterocycles. The van der Waals surface area contributed by atoms with Gasteiger partial charge in [-0.3, -0.25) is 0 Å². The Kier molecular flexibility index (Phi) is 5.16. The molecule has 0 aliphatic carbocycles. The molecule has 1 atom stereocenters. The Hall–Kier alpha value is -0.940. The minimum atomic E-state index is -0.202. The molecule has 0 amide bonds. The highest BCUT2D eigenvalue weighted by Crippen LogP contribution is 2.37. The lowest BCUT2D eigenvalue weighted by molar-refractivity contribution is 0.354. The molecule has 0 fully saturated rings. The van der Waals surface area contributed by atoms with Gasteiger partial charge in [-0.05, 0) is 70.5 Å². The molecule has 2 nitrogen and oxygen atoms in total. The molecule has 0 bridgehead atoms. The molecule has 106 valence electrons. The fraction of sp³-hybridized carbons (Fsp3) is 0.250. The Morgan fingerprint density at radius 2 is 1.55 bits per heavy atom. The summed E-state index contributed by atoms with van der Waals surface area (Å²) in [4.78, 5) is 0. The molecular formula is C16H16ClIO2. The number of hydrogen-bond acceptors (Lipinski definition) is 2. The molecule has 0 saturated carbocycles. The molecule has 0 saturated heterocycles. The summed E-state index contributed by atoms with van der Waals surface area (Å²) >= 11 is 8.90. The van der Waals surface area contributed by atoms with Crippen molar-refractivity contribution < 1.29 is 9.47 Å². The van der Waals surface area contributed by atoms with E-state index in [9.17, 15) is 0 Å². The molecule has 20 heavy (non-hydrogen) atoms. The first-order valence-corrected chi connectivity index (χ1v) is 7.70. The van der Waals surface area contributed by atoms with Crippen molar-refractivity contribution in [3.8, 4) is 11.5 Å². The van der Waals surface area contributed by atoms with Crippen LogP contribution in [0.5, 0.6) is 11.5 Å². The lowest BCUT2D eigenvalue weighted by atomic mass is 9.99. The van der Waals surface area contributed by atoms with Gasteiger partial charge in [0.1, 0.15) is 0 Å².